The molecular weight excluding hydrogens is 212 g/mol. The molecule has 0 radical (unpaired) electrons. The van der Waals surface area contributed by atoms with Crippen LogP contribution in [0.25, 0.3) is 0 Å². The van der Waals surface area contributed by atoms with E-state index in [0.29, 0.717) is 16.5 Å². The number of carbonyl (C=O) groups excluding carboxylic acids is 1. The molecule has 1 heterocycles. The van der Waals surface area contributed by atoms with Gasteiger partial charge in [0.25, 0.3) is 0 Å². The van der Waals surface area contributed by atoms with Crippen LogP contribution in [-0.2, 0) is 7.05 Å². The minimum Gasteiger partial charge on any atom is -0.315 e. The van der Waals surface area contributed by atoms with Crippen LogP contribution >= 0.6 is 11.6 Å². The van der Waals surface area contributed by atoms with E-state index in [1.54, 1.807) is 23.7 Å². The molecule has 0 spiro atoms. The minimum atomic E-state index is -0.120. The maximum atomic E-state index is 11.9. The van der Waals surface area contributed by atoms with Crippen molar-refractivity contribution < 1.29 is 4.79 Å². The minimum absolute atomic E-state index is 0.120. The lowest BCUT2D eigenvalue weighted by molar-refractivity contribution is 0.102. The Morgan fingerprint density at radius 1 is 1.33 bits per heavy atom. The highest BCUT2D eigenvalue weighted by molar-refractivity contribution is 6.29. The molecule has 1 aromatic carbocycles. The van der Waals surface area contributed by atoms with Crippen molar-refractivity contribution in [3.8, 4) is 0 Å². The van der Waals surface area contributed by atoms with E-state index >= 15 is 0 Å². The van der Waals surface area contributed by atoms with Gasteiger partial charge in [0.05, 0.1) is 6.20 Å². The van der Waals surface area contributed by atoms with Crippen molar-refractivity contribution in [3.63, 3.8) is 0 Å². The lowest BCUT2D eigenvalue weighted by Gasteiger charge is -2.01. The summed E-state index contributed by atoms with van der Waals surface area (Å²) in [4.78, 5) is 15.9. The Morgan fingerprint density at radius 2 is 2.00 bits per heavy atom. The molecule has 0 amide bonds. The summed E-state index contributed by atoms with van der Waals surface area (Å²) in [5.41, 5.74) is 0.614. The van der Waals surface area contributed by atoms with Crippen LogP contribution < -0.4 is 0 Å². The summed E-state index contributed by atoms with van der Waals surface area (Å²) in [5.74, 6) is 0.233. The molecule has 1 aromatic heterocycles. The van der Waals surface area contributed by atoms with Crippen molar-refractivity contribution >= 4 is 17.4 Å². The summed E-state index contributed by atoms with van der Waals surface area (Å²) in [5, 5.41) is 0.453. The van der Waals surface area contributed by atoms with Gasteiger partial charge in [-0.3, -0.25) is 4.79 Å². The third-order valence-corrected chi connectivity index (χ3v) is 2.52. The standard InChI is InChI=1S/C11H9ClN2O/c1-14-9(12)7-13-11(14)10(15)8-5-3-2-4-6-8/h2-7H,1H3. The summed E-state index contributed by atoms with van der Waals surface area (Å²) >= 11 is 5.81. The molecule has 0 fully saturated rings. The second-order valence-electron chi connectivity index (χ2n) is 3.16. The Morgan fingerprint density at radius 3 is 2.53 bits per heavy atom. The molecule has 0 bridgehead atoms. The highest BCUT2D eigenvalue weighted by Crippen LogP contribution is 2.13. The average Bonchev–Trinajstić information content (AvgIpc) is 2.60. The van der Waals surface area contributed by atoms with Gasteiger partial charge < -0.3 is 4.57 Å². The topological polar surface area (TPSA) is 34.9 Å². The van der Waals surface area contributed by atoms with Crippen LogP contribution in [0.1, 0.15) is 16.2 Å². The summed E-state index contributed by atoms with van der Waals surface area (Å²) < 4.78 is 1.57. The SMILES string of the molecule is Cn1c(Cl)cnc1C(=O)c1ccccc1. The fourth-order valence-corrected chi connectivity index (χ4v) is 1.45. The van der Waals surface area contributed by atoms with Crippen molar-refractivity contribution in [3.05, 3.63) is 53.1 Å². The van der Waals surface area contributed by atoms with E-state index in [0.717, 1.165) is 0 Å². The molecule has 0 aliphatic rings. The Labute approximate surface area is 92.3 Å². The number of rotatable bonds is 2. The first-order valence-corrected chi connectivity index (χ1v) is 4.85. The zero-order valence-corrected chi connectivity index (χ0v) is 8.90. The molecule has 76 valence electrons. The van der Waals surface area contributed by atoms with Crippen molar-refractivity contribution in [1.29, 1.82) is 0 Å². The van der Waals surface area contributed by atoms with Crippen LogP contribution in [0.5, 0.6) is 0 Å². The largest absolute Gasteiger partial charge is 0.315 e. The summed E-state index contributed by atoms with van der Waals surface area (Å²) in [6, 6.07) is 9.01. The maximum Gasteiger partial charge on any atom is 0.228 e. The molecule has 0 N–H and O–H groups in total. The molecule has 2 rings (SSSR count). The van der Waals surface area contributed by atoms with Crippen molar-refractivity contribution in [1.82, 2.24) is 9.55 Å². The number of hydrogen-bond donors (Lipinski definition) is 0. The zero-order valence-electron chi connectivity index (χ0n) is 8.14. The molecule has 0 saturated carbocycles. The summed E-state index contributed by atoms with van der Waals surface area (Å²) in [7, 11) is 1.71. The smallest absolute Gasteiger partial charge is 0.228 e. The van der Waals surface area contributed by atoms with Crippen molar-refractivity contribution in [2.75, 3.05) is 0 Å². The van der Waals surface area contributed by atoms with Gasteiger partial charge in [0.2, 0.25) is 5.78 Å². The number of benzene rings is 1. The van der Waals surface area contributed by atoms with E-state index in [-0.39, 0.29) is 5.78 Å². The first-order valence-electron chi connectivity index (χ1n) is 4.47. The fourth-order valence-electron chi connectivity index (χ4n) is 1.32. The molecule has 0 unspecified atom stereocenters. The zero-order chi connectivity index (χ0) is 10.8. The number of imidazole rings is 1. The average molecular weight is 221 g/mol. The molecule has 0 saturated heterocycles. The highest BCUT2D eigenvalue weighted by atomic mass is 35.5. The van der Waals surface area contributed by atoms with Gasteiger partial charge in [-0.15, -0.1) is 0 Å². The van der Waals surface area contributed by atoms with Gasteiger partial charge in [0.15, 0.2) is 5.82 Å². The summed E-state index contributed by atoms with van der Waals surface area (Å²) in [6.07, 6.45) is 1.47. The maximum absolute atomic E-state index is 11.9. The highest BCUT2D eigenvalue weighted by Gasteiger charge is 2.14. The predicted octanol–water partition coefficient (Wildman–Crippen LogP) is 2.30. The van der Waals surface area contributed by atoms with Crippen LogP contribution in [-0.4, -0.2) is 15.3 Å². The van der Waals surface area contributed by atoms with Gasteiger partial charge in [-0.1, -0.05) is 41.9 Å². The number of ketones is 1. The van der Waals surface area contributed by atoms with E-state index in [1.165, 1.54) is 6.20 Å². The quantitative estimate of drug-likeness (QED) is 0.728. The van der Waals surface area contributed by atoms with E-state index in [1.807, 2.05) is 18.2 Å². The predicted molar refractivity (Wildman–Crippen MR) is 58.1 cm³/mol. The fraction of sp³-hybridized carbons (Fsp3) is 0.0909. The van der Waals surface area contributed by atoms with E-state index in [2.05, 4.69) is 4.98 Å². The van der Waals surface area contributed by atoms with Crippen LogP contribution in [0.3, 0.4) is 0 Å². The number of carbonyl (C=O) groups is 1. The molecule has 0 aliphatic heterocycles. The van der Waals surface area contributed by atoms with Gasteiger partial charge in [0, 0.05) is 12.6 Å². The molecule has 15 heavy (non-hydrogen) atoms. The second kappa shape index (κ2) is 3.87. The number of aromatic nitrogens is 2. The van der Waals surface area contributed by atoms with E-state index < -0.39 is 0 Å². The van der Waals surface area contributed by atoms with Crippen LogP contribution in [0.4, 0.5) is 0 Å². The molecule has 0 atom stereocenters. The third-order valence-electron chi connectivity index (χ3n) is 2.17. The molecular formula is C11H9ClN2O. The van der Waals surface area contributed by atoms with Crippen LogP contribution in [0.15, 0.2) is 36.5 Å². The van der Waals surface area contributed by atoms with Crippen LogP contribution in [0.2, 0.25) is 5.15 Å². The Bertz CT molecular complexity index is 491. The van der Waals surface area contributed by atoms with Gasteiger partial charge >= 0.3 is 0 Å². The molecule has 3 nitrogen and oxygen atoms in total. The molecule has 2 aromatic rings. The van der Waals surface area contributed by atoms with Crippen molar-refractivity contribution in [2.24, 2.45) is 7.05 Å². The number of nitrogens with zero attached hydrogens (tertiary/aromatic N) is 2. The van der Waals surface area contributed by atoms with Crippen LogP contribution in [0, 0.1) is 0 Å². The Balaban J connectivity index is 2.42. The van der Waals surface area contributed by atoms with Gasteiger partial charge in [-0.05, 0) is 0 Å². The van der Waals surface area contributed by atoms with E-state index in [9.17, 15) is 4.79 Å². The van der Waals surface area contributed by atoms with Crippen molar-refractivity contribution in [2.45, 2.75) is 0 Å². The normalized spacial score (nSPS) is 10.3. The Hall–Kier alpha value is -1.61. The van der Waals surface area contributed by atoms with Gasteiger partial charge in [-0.25, -0.2) is 4.98 Å². The first kappa shape index (κ1) is 9.93. The third kappa shape index (κ3) is 1.78. The lowest BCUT2D eigenvalue weighted by atomic mass is 10.1. The van der Waals surface area contributed by atoms with Gasteiger partial charge in [0.1, 0.15) is 5.15 Å². The Kier molecular flexibility index (Phi) is 2.56. The number of hydrogen-bond acceptors (Lipinski definition) is 2. The van der Waals surface area contributed by atoms with Gasteiger partial charge in [-0.2, -0.15) is 0 Å². The molecule has 4 heteroatoms. The first-order chi connectivity index (χ1) is 7.20. The summed E-state index contributed by atoms with van der Waals surface area (Å²) in [6.45, 7) is 0. The lowest BCUT2D eigenvalue weighted by Crippen LogP contribution is -2.08. The second-order valence-corrected chi connectivity index (χ2v) is 3.55. The van der Waals surface area contributed by atoms with E-state index in [4.69, 9.17) is 11.6 Å². The molecule has 0 aliphatic carbocycles. The monoisotopic (exact) mass is 220 g/mol. The number of halogens is 1.